The zero-order chi connectivity index (χ0) is 14.8. The van der Waals surface area contributed by atoms with E-state index < -0.39 is 6.04 Å². The molecular formula is C18H18ClNO2. The number of rotatable bonds is 3. The third-order valence-corrected chi connectivity index (χ3v) is 3.81. The Labute approximate surface area is 135 Å². The lowest BCUT2D eigenvalue weighted by atomic mass is 9.93. The maximum atomic E-state index is 11.6. The Kier molecular flexibility index (Phi) is 5.01. The van der Waals surface area contributed by atoms with E-state index in [4.69, 9.17) is 10.5 Å². The average Bonchev–Trinajstić information content (AvgIpc) is 2.53. The van der Waals surface area contributed by atoms with Gasteiger partial charge >= 0.3 is 5.97 Å². The number of ether oxygens (including phenoxy) is 1. The Balaban J connectivity index is 0.00000176. The monoisotopic (exact) mass is 315 g/mol. The molecule has 0 radical (unpaired) electrons. The molecule has 0 spiro atoms. The number of benzene rings is 3. The van der Waals surface area contributed by atoms with Gasteiger partial charge in [-0.3, -0.25) is 4.79 Å². The minimum Gasteiger partial charge on any atom is -0.468 e. The molecule has 0 aliphatic heterocycles. The summed E-state index contributed by atoms with van der Waals surface area (Å²) in [6.07, 6.45) is 0.467. The molecule has 4 heteroatoms. The Morgan fingerprint density at radius 1 is 1.05 bits per heavy atom. The van der Waals surface area contributed by atoms with Gasteiger partial charge in [-0.1, -0.05) is 48.5 Å². The molecular weight excluding hydrogens is 298 g/mol. The zero-order valence-corrected chi connectivity index (χ0v) is 13.1. The van der Waals surface area contributed by atoms with Gasteiger partial charge in [0.05, 0.1) is 7.11 Å². The number of carbonyl (C=O) groups excluding carboxylic acids is 1. The highest BCUT2D eigenvalue weighted by atomic mass is 35.5. The third-order valence-electron chi connectivity index (χ3n) is 3.81. The first-order valence-electron chi connectivity index (χ1n) is 6.93. The zero-order valence-electron chi connectivity index (χ0n) is 12.3. The highest BCUT2D eigenvalue weighted by Gasteiger charge is 2.17. The standard InChI is InChI=1S/C18H17NO2.ClH/c1-21-18(20)17(19)11-16-14-8-4-2-6-12(14)10-13-7-3-5-9-15(13)16;/h2-10,17H,11,19H2,1H3;1H. The second kappa shape index (κ2) is 6.77. The topological polar surface area (TPSA) is 52.3 Å². The molecule has 0 saturated carbocycles. The van der Waals surface area contributed by atoms with Crippen LogP contribution in [0.5, 0.6) is 0 Å². The number of nitrogens with two attached hydrogens (primary N) is 1. The molecule has 0 heterocycles. The van der Waals surface area contributed by atoms with Crippen LogP contribution in [-0.2, 0) is 16.0 Å². The molecule has 0 aliphatic carbocycles. The largest absolute Gasteiger partial charge is 0.468 e. The fourth-order valence-electron chi connectivity index (χ4n) is 2.78. The quantitative estimate of drug-likeness (QED) is 0.595. The molecule has 0 fully saturated rings. The van der Waals surface area contributed by atoms with Crippen LogP contribution in [0, 0.1) is 0 Å². The van der Waals surface area contributed by atoms with E-state index in [0.717, 1.165) is 27.1 Å². The van der Waals surface area contributed by atoms with Crippen molar-refractivity contribution in [2.75, 3.05) is 7.11 Å². The molecule has 0 bridgehead atoms. The van der Waals surface area contributed by atoms with Crippen LogP contribution >= 0.6 is 12.4 Å². The molecule has 1 atom stereocenters. The van der Waals surface area contributed by atoms with Crippen LogP contribution in [-0.4, -0.2) is 19.1 Å². The Bertz CT molecular complexity index is 762. The lowest BCUT2D eigenvalue weighted by molar-refractivity contribution is -0.142. The maximum absolute atomic E-state index is 11.6. The van der Waals surface area contributed by atoms with E-state index in [9.17, 15) is 4.79 Å². The SMILES string of the molecule is COC(=O)C(N)Cc1c2ccccc2cc2ccccc12.Cl. The number of esters is 1. The van der Waals surface area contributed by atoms with E-state index in [0.29, 0.717) is 6.42 Å². The van der Waals surface area contributed by atoms with Crippen molar-refractivity contribution < 1.29 is 9.53 Å². The van der Waals surface area contributed by atoms with E-state index >= 15 is 0 Å². The van der Waals surface area contributed by atoms with Gasteiger partial charge in [0, 0.05) is 0 Å². The molecule has 3 rings (SSSR count). The highest BCUT2D eigenvalue weighted by molar-refractivity contribution is 6.02. The van der Waals surface area contributed by atoms with Crippen LogP contribution in [0.3, 0.4) is 0 Å². The van der Waals surface area contributed by atoms with Crippen LogP contribution in [0.25, 0.3) is 21.5 Å². The van der Waals surface area contributed by atoms with Gasteiger partial charge in [0.1, 0.15) is 6.04 Å². The number of halogens is 1. The van der Waals surface area contributed by atoms with Crippen molar-refractivity contribution in [3.8, 4) is 0 Å². The van der Waals surface area contributed by atoms with Crippen molar-refractivity contribution in [1.29, 1.82) is 0 Å². The molecule has 1 unspecified atom stereocenters. The molecule has 0 aliphatic rings. The van der Waals surface area contributed by atoms with E-state index in [1.54, 1.807) is 0 Å². The molecule has 3 aromatic carbocycles. The minimum absolute atomic E-state index is 0. The summed E-state index contributed by atoms with van der Waals surface area (Å²) in [4.78, 5) is 11.6. The van der Waals surface area contributed by atoms with Gasteiger partial charge in [0.2, 0.25) is 0 Å². The molecule has 22 heavy (non-hydrogen) atoms. The first-order chi connectivity index (χ1) is 10.2. The minimum atomic E-state index is -0.649. The van der Waals surface area contributed by atoms with Crippen LogP contribution < -0.4 is 5.73 Å². The van der Waals surface area contributed by atoms with Crippen LogP contribution in [0.15, 0.2) is 54.6 Å². The van der Waals surface area contributed by atoms with Gasteiger partial charge in [-0.15, -0.1) is 12.4 Å². The number of hydrogen-bond acceptors (Lipinski definition) is 3. The fourth-order valence-corrected chi connectivity index (χ4v) is 2.78. The second-order valence-electron chi connectivity index (χ2n) is 5.13. The third kappa shape index (κ3) is 2.91. The van der Waals surface area contributed by atoms with Gasteiger partial charge in [-0.2, -0.15) is 0 Å². The number of methoxy groups -OCH3 is 1. The predicted molar refractivity (Wildman–Crippen MR) is 92.4 cm³/mol. The Hall–Kier alpha value is -2.10. The van der Waals surface area contributed by atoms with E-state index in [-0.39, 0.29) is 18.4 Å². The van der Waals surface area contributed by atoms with Crippen molar-refractivity contribution in [1.82, 2.24) is 0 Å². The summed E-state index contributed by atoms with van der Waals surface area (Å²) in [5.74, 6) is -0.382. The molecule has 0 saturated heterocycles. The molecule has 3 nitrogen and oxygen atoms in total. The van der Waals surface area contributed by atoms with E-state index in [1.807, 2.05) is 24.3 Å². The van der Waals surface area contributed by atoms with Gasteiger partial charge in [-0.25, -0.2) is 0 Å². The van der Waals surface area contributed by atoms with E-state index in [1.165, 1.54) is 7.11 Å². The number of carbonyl (C=O) groups is 1. The summed E-state index contributed by atoms with van der Waals surface area (Å²) >= 11 is 0. The van der Waals surface area contributed by atoms with Crippen molar-refractivity contribution >= 4 is 39.9 Å². The van der Waals surface area contributed by atoms with Crippen molar-refractivity contribution in [3.05, 3.63) is 60.2 Å². The normalized spacial score (nSPS) is 11.9. The summed E-state index contributed by atoms with van der Waals surface area (Å²) in [6, 6.07) is 17.9. The van der Waals surface area contributed by atoms with Gasteiger partial charge in [0.15, 0.2) is 0 Å². The van der Waals surface area contributed by atoms with Crippen molar-refractivity contribution in [2.24, 2.45) is 5.73 Å². The average molecular weight is 316 g/mol. The Morgan fingerprint density at radius 2 is 1.55 bits per heavy atom. The van der Waals surface area contributed by atoms with Gasteiger partial charge in [0.25, 0.3) is 0 Å². The molecule has 2 N–H and O–H groups in total. The first kappa shape index (κ1) is 16.3. The second-order valence-corrected chi connectivity index (χ2v) is 5.13. The predicted octanol–water partition coefficient (Wildman–Crippen LogP) is 3.46. The van der Waals surface area contributed by atoms with Crippen LogP contribution in [0.4, 0.5) is 0 Å². The smallest absolute Gasteiger partial charge is 0.322 e. The van der Waals surface area contributed by atoms with Crippen LogP contribution in [0.1, 0.15) is 5.56 Å². The van der Waals surface area contributed by atoms with Crippen molar-refractivity contribution in [3.63, 3.8) is 0 Å². The highest BCUT2D eigenvalue weighted by Crippen LogP contribution is 2.29. The van der Waals surface area contributed by atoms with Crippen LogP contribution in [0.2, 0.25) is 0 Å². The summed E-state index contributed by atoms with van der Waals surface area (Å²) in [6.45, 7) is 0. The van der Waals surface area contributed by atoms with Gasteiger partial charge in [-0.05, 0) is 39.6 Å². The van der Waals surface area contributed by atoms with E-state index in [2.05, 4.69) is 30.3 Å². The lowest BCUT2D eigenvalue weighted by Gasteiger charge is -2.14. The Morgan fingerprint density at radius 3 is 2.05 bits per heavy atom. The molecule has 3 aromatic rings. The molecule has 0 amide bonds. The van der Waals surface area contributed by atoms with Crippen molar-refractivity contribution in [2.45, 2.75) is 12.5 Å². The summed E-state index contributed by atoms with van der Waals surface area (Å²) < 4.78 is 4.74. The lowest BCUT2D eigenvalue weighted by Crippen LogP contribution is -2.33. The maximum Gasteiger partial charge on any atom is 0.322 e. The molecule has 114 valence electrons. The summed E-state index contributed by atoms with van der Waals surface area (Å²) in [7, 11) is 1.36. The first-order valence-corrected chi connectivity index (χ1v) is 6.93. The number of hydrogen-bond donors (Lipinski definition) is 1. The number of fused-ring (bicyclic) bond motifs is 2. The summed E-state index contributed by atoms with van der Waals surface area (Å²) in [5.41, 5.74) is 7.07. The van der Waals surface area contributed by atoms with Gasteiger partial charge < -0.3 is 10.5 Å². The fraction of sp³-hybridized carbons (Fsp3) is 0.167. The summed E-state index contributed by atoms with van der Waals surface area (Å²) in [5, 5.41) is 4.58. The molecule has 0 aromatic heterocycles.